The highest BCUT2D eigenvalue weighted by molar-refractivity contribution is 6.13. The van der Waals surface area contributed by atoms with Crippen molar-refractivity contribution in [3.63, 3.8) is 0 Å². The molecule has 0 atom stereocenters. The third-order valence-electron chi connectivity index (χ3n) is 3.84. The summed E-state index contributed by atoms with van der Waals surface area (Å²) < 4.78 is 18.4. The molecule has 0 unspecified atom stereocenters. The van der Waals surface area contributed by atoms with Crippen molar-refractivity contribution in [3.8, 4) is 11.5 Å². The van der Waals surface area contributed by atoms with Crippen molar-refractivity contribution in [3.05, 3.63) is 84.4 Å². The first-order valence-electron chi connectivity index (χ1n) is 7.71. The fourth-order valence-corrected chi connectivity index (χ4v) is 2.65. The second-order valence-corrected chi connectivity index (χ2v) is 5.51. The molecule has 0 fully saturated rings. The van der Waals surface area contributed by atoms with Gasteiger partial charge >= 0.3 is 0 Å². The molecule has 2 aromatic heterocycles. The molecule has 1 N–H and O–H groups in total. The summed E-state index contributed by atoms with van der Waals surface area (Å²) in [7, 11) is 0. The third kappa shape index (κ3) is 2.99. The molecule has 0 saturated heterocycles. The van der Waals surface area contributed by atoms with Gasteiger partial charge in [0.15, 0.2) is 5.76 Å². The van der Waals surface area contributed by atoms with Crippen LogP contribution in [0.2, 0.25) is 0 Å². The van der Waals surface area contributed by atoms with Gasteiger partial charge in [0.2, 0.25) is 0 Å². The minimum atomic E-state index is -0.354. The number of hydrogen-bond donors (Lipinski definition) is 1. The third-order valence-corrected chi connectivity index (χ3v) is 3.84. The average molecular weight is 332 g/mol. The summed E-state index contributed by atoms with van der Waals surface area (Å²) in [6.07, 6.45) is 1.56. The van der Waals surface area contributed by atoms with Crippen LogP contribution in [0.1, 0.15) is 10.4 Å². The molecule has 0 saturated carbocycles. The molecule has 0 spiro atoms. The highest BCUT2D eigenvalue weighted by atomic mass is 19.1. The molecule has 0 aliphatic carbocycles. The van der Waals surface area contributed by atoms with E-state index >= 15 is 0 Å². The summed E-state index contributed by atoms with van der Waals surface area (Å²) in [5.41, 5.74) is 2.27. The van der Waals surface area contributed by atoms with Gasteiger partial charge in [0, 0.05) is 11.1 Å². The maximum absolute atomic E-state index is 13.0. The molecule has 4 aromatic rings. The zero-order valence-corrected chi connectivity index (χ0v) is 13.1. The maximum Gasteiger partial charge on any atom is 0.256 e. The molecule has 4 rings (SSSR count). The van der Waals surface area contributed by atoms with Crippen molar-refractivity contribution in [2.45, 2.75) is 0 Å². The Morgan fingerprint density at radius 1 is 1.00 bits per heavy atom. The van der Waals surface area contributed by atoms with Crippen LogP contribution in [0.3, 0.4) is 0 Å². The molecular weight excluding hydrogens is 319 g/mol. The fourth-order valence-electron chi connectivity index (χ4n) is 2.65. The molecule has 2 heterocycles. The van der Waals surface area contributed by atoms with E-state index < -0.39 is 0 Å². The second kappa shape index (κ2) is 6.20. The Morgan fingerprint density at radius 3 is 2.56 bits per heavy atom. The lowest BCUT2D eigenvalue weighted by Gasteiger charge is -2.10. The molecule has 0 aliphatic heterocycles. The monoisotopic (exact) mass is 332 g/mol. The van der Waals surface area contributed by atoms with E-state index in [1.807, 2.05) is 24.3 Å². The van der Waals surface area contributed by atoms with Crippen molar-refractivity contribution >= 4 is 22.5 Å². The Bertz CT molecular complexity index is 1040. The molecule has 5 heteroatoms. The number of nitrogens with zero attached hydrogens (tertiary/aromatic N) is 1. The van der Waals surface area contributed by atoms with Crippen molar-refractivity contribution in [1.29, 1.82) is 0 Å². The Hall–Kier alpha value is -3.47. The number of para-hydroxylation sites is 1. The van der Waals surface area contributed by atoms with Crippen molar-refractivity contribution < 1.29 is 13.6 Å². The van der Waals surface area contributed by atoms with Gasteiger partial charge in [-0.15, -0.1) is 0 Å². The lowest BCUT2D eigenvalue weighted by molar-refractivity contribution is 0.102. The van der Waals surface area contributed by atoms with Crippen LogP contribution >= 0.6 is 0 Å². The lowest BCUT2D eigenvalue weighted by Crippen LogP contribution is -2.13. The Morgan fingerprint density at radius 2 is 1.80 bits per heavy atom. The smallest absolute Gasteiger partial charge is 0.256 e. The topological polar surface area (TPSA) is 55.1 Å². The summed E-state index contributed by atoms with van der Waals surface area (Å²) in [4.78, 5) is 17.3. The van der Waals surface area contributed by atoms with E-state index in [1.165, 1.54) is 24.3 Å². The quantitative estimate of drug-likeness (QED) is 0.581. The number of aromatic nitrogens is 1. The van der Waals surface area contributed by atoms with E-state index in [0.717, 1.165) is 5.39 Å². The molecule has 25 heavy (non-hydrogen) atoms. The highest BCUT2D eigenvalue weighted by Crippen LogP contribution is 2.26. The van der Waals surface area contributed by atoms with Gasteiger partial charge in [-0.05, 0) is 48.5 Å². The minimum Gasteiger partial charge on any atom is -0.463 e. The first-order chi connectivity index (χ1) is 12.2. The van der Waals surface area contributed by atoms with Crippen LogP contribution in [0.5, 0.6) is 0 Å². The Labute approximate surface area is 142 Å². The van der Waals surface area contributed by atoms with Gasteiger partial charge in [0.05, 0.1) is 17.3 Å². The number of carbonyl (C=O) groups is 1. The van der Waals surface area contributed by atoms with Crippen LogP contribution in [-0.4, -0.2) is 10.9 Å². The van der Waals surface area contributed by atoms with E-state index in [1.54, 1.807) is 24.5 Å². The number of benzene rings is 2. The summed E-state index contributed by atoms with van der Waals surface area (Å²) in [6, 6.07) is 18.3. The van der Waals surface area contributed by atoms with Gasteiger partial charge in [0.1, 0.15) is 11.5 Å². The Kier molecular flexibility index (Phi) is 3.74. The van der Waals surface area contributed by atoms with Crippen LogP contribution in [0.4, 0.5) is 10.1 Å². The predicted octanol–water partition coefficient (Wildman–Crippen LogP) is 4.89. The zero-order chi connectivity index (χ0) is 17.2. The first kappa shape index (κ1) is 15.1. The van der Waals surface area contributed by atoms with Crippen LogP contribution in [-0.2, 0) is 0 Å². The summed E-state index contributed by atoms with van der Waals surface area (Å²) in [5.74, 6) is -0.0629. The van der Waals surface area contributed by atoms with Crippen LogP contribution in [0, 0.1) is 5.82 Å². The number of anilines is 1. The van der Waals surface area contributed by atoms with Crippen molar-refractivity contribution in [2.24, 2.45) is 0 Å². The van der Waals surface area contributed by atoms with Crippen molar-refractivity contribution in [2.75, 3.05) is 5.32 Å². The average Bonchev–Trinajstić information content (AvgIpc) is 3.17. The lowest BCUT2D eigenvalue weighted by atomic mass is 10.1. The van der Waals surface area contributed by atoms with Crippen LogP contribution in [0.25, 0.3) is 22.4 Å². The van der Waals surface area contributed by atoms with E-state index in [-0.39, 0.29) is 11.7 Å². The number of furan rings is 1. The number of carbonyl (C=O) groups excluding carboxylic acids is 1. The normalized spacial score (nSPS) is 10.8. The summed E-state index contributed by atoms with van der Waals surface area (Å²) in [5, 5.41) is 3.52. The molecule has 4 nitrogen and oxygen atoms in total. The van der Waals surface area contributed by atoms with Crippen LogP contribution in [0.15, 0.2) is 77.4 Å². The van der Waals surface area contributed by atoms with Gasteiger partial charge in [-0.3, -0.25) is 4.79 Å². The van der Waals surface area contributed by atoms with Crippen LogP contribution < -0.4 is 5.32 Å². The number of hydrogen-bond acceptors (Lipinski definition) is 3. The van der Waals surface area contributed by atoms with Gasteiger partial charge < -0.3 is 9.73 Å². The predicted molar refractivity (Wildman–Crippen MR) is 93.8 cm³/mol. The number of pyridine rings is 1. The number of nitrogens with one attached hydrogen (secondary N) is 1. The largest absolute Gasteiger partial charge is 0.463 e. The zero-order valence-electron chi connectivity index (χ0n) is 13.1. The van der Waals surface area contributed by atoms with E-state index in [9.17, 15) is 9.18 Å². The molecule has 2 aromatic carbocycles. The summed E-state index contributed by atoms with van der Waals surface area (Å²) in [6.45, 7) is 0. The molecular formula is C20H13FN2O2. The fraction of sp³-hybridized carbons (Fsp3) is 0. The molecule has 1 amide bonds. The molecule has 0 aliphatic rings. The van der Waals surface area contributed by atoms with E-state index in [0.29, 0.717) is 28.2 Å². The molecule has 0 bridgehead atoms. The number of amides is 1. The van der Waals surface area contributed by atoms with Gasteiger partial charge in [-0.25, -0.2) is 9.37 Å². The van der Waals surface area contributed by atoms with Gasteiger partial charge in [-0.1, -0.05) is 18.2 Å². The second-order valence-electron chi connectivity index (χ2n) is 5.51. The van der Waals surface area contributed by atoms with E-state index in [4.69, 9.17) is 4.42 Å². The van der Waals surface area contributed by atoms with Gasteiger partial charge in [-0.2, -0.15) is 0 Å². The highest BCUT2D eigenvalue weighted by Gasteiger charge is 2.15. The van der Waals surface area contributed by atoms with Gasteiger partial charge in [0.25, 0.3) is 5.91 Å². The molecule has 122 valence electrons. The number of halogens is 1. The van der Waals surface area contributed by atoms with Crippen molar-refractivity contribution in [1.82, 2.24) is 4.98 Å². The SMILES string of the molecule is O=C(Nc1ccc(F)cc1)c1cc(-c2ccco2)nc2ccccc12. The molecule has 0 radical (unpaired) electrons. The minimum absolute atomic E-state index is 0.294. The number of fused-ring (bicyclic) bond motifs is 1. The first-order valence-corrected chi connectivity index (χ1v) is 7.71. The maximum atomic E-state index is 13.0. The number of rotatable bonds is 3. The summed E-state index contributed by atoms with van der Waals surface area (Å²) >= 11 is 0. The Balaban J connectivity index is 1.79. The standard InChI is InChI=1S/C20H13FN2O2/c21-13-7-9-14(10-8-13)22-20(24)16-12-18(19-6-3-11-25-19)23-17-5-2-1-4-15(16)17/h1-12H,(H,22,24). The van der Waals surface area contributed by atoms with E-state index in [2.05, 4.69) is 10.3 Å².